The van der Waals surface area contributed by atoms with Crippen LogP contribution in [0.1, 0.15) is 40.5 Å². The Bertz CT molecular complexity index is 696. The second-order valence-corrected chi connectivity index (χ2v) is 9.98. The number of rotatable bonds is 5. The molecule has 5 nitrogen and oxygen atoms in total. The predicted octanol–water partition coefficient (Wildman–Crippen LogP) is 3.36. The summed E-state index contributed by atoms with van der Waals surface area (Å²) < 4.78 is 0. The topological polar surface area (TPSA) is 61.4 Å². The van der Waals surface area contributed by atoms with Crippen molar-refractivity contribution < 1.29 is 9.59 Å². The van der Waals surface area contributed by atoms with E-state index in [1.54, 1.807) is 0 Å². The molecule has 2 aliphatic rings. The molecule has 0 aliphatic carbocycles. The zero-order valence-electron chi connectivity index (χ0n) is 16.7. The van der Waals surface area contributed by atoms with Gasteiger partial charge < -0.3 is 10.6 Å². The molecule has 0 bridgehead atoms. The molecule has 6 heteroatoms. The molecule has 2 N–H and O–H groups in total. The normalized spacial score (nSPS) is 26.2. The fourth-order valence-electron chi connectivity index (χ4n) is 4.05. The van der Waals surface area contributed by atoms with Crippen LogP contribution in [0.5, 0.6) is 0 Å². The summed E-state index contributed by atoms with van der Waals surface area (Å²) in [7, 11) is 0. The maximum Gasteiger partial charge on any atom is 0.238 e. The van der Waals surface area contributed by atoms with Crippen LogP contribution in [-0.4, -0.2) is 47.1 Å². The SMILES string of the molecule is CC1CC(C)CN(C(C)(C)CNC(=O)CC2Sc3ccccc3NC2=O)C1. The van der Waals surface area contributed by atoms with E-state index in [2.05, 4.69) is 43.2 Å². The fraction of sp³-hybridized carbons (Fsp3) is 0.619. The molecule has 3 atom stereocenters. The summed E-state index contributed by atoms with van der Waals surface area (Å²) >= 11 is 1.47. The number of para-hydroxylation sites is 1. The number of carbonyl (C=O) groups is 2. The number of nitrogens with zero attached hydrogens (tertiary/aromatic N) is 1. The summed E-state index contributed by atoms with van der Waals surface area (Å²) in [6.45, 7) is 11.7. The Morgan fingerprint density at radius 1 is 1.26 bits per heavy atom. The second-order valence-electron chi connectivity index (χ2n) is 8.74. The number of carbonyl (C=O) groups excluding carboxylic acids is 2. The zero-order valence-corrected chi connectivity index (χ0v) is 17.6. The number of benzene rings is 1. The number of thioether (sulfide) groups is 1. The van der Waals surface area contributed by atoms with Gasteiger partial charge in [-0.1, -0.05) is 26.0 Å². The Labute approximate surface area is 166 Å². The number of fused-ring (bicyclic) bond motifs is 1. The van der Waals surface area contributed by atoms with Crippen molar-refractivity contribution in [3.05, 3.63) is 24.3 Å². The first-order chi connectivity index (χ1) is 12.7. The third-order valence-electron chi connectivity index (χ3n) is 5.52. The van der Waals surface area contributed by atoms with Crippen molar-refractivity contribution in [3.63, 3.8) is 0 Å². The maximum atomic E-state index is 12.5. The number of hydrogen-bond acceptors (Lipinski definition) is 4. The van der Waals surface area contributed by atoms with Crippen molar-refractivity contribution in [2.75, 3.05) is 25.0 Å². The van der Waals surface area contributed by atoms with Crippen LogP contribution in [0.25, 0.3) is 0 Å². The van der Waals surface area contributed by atoms with Gasteiger partial charge in [0.05, 0.1) is 10.9 Å². The maximum absolute atomic E-state index is 12.5. The molecule has 0 aromatic heterocycles. The summed E-state index contributed by atoms with van der Waals surface area (Å²) in [6, 6.07) is 7.71. The number of anilines is 1. The van der Waals surface area contributed by atoms with Crippen molar-refractivity contribution in [3.8, 4) is 0 Å². The third kappa shape index (κ3) is 5.05. The molecule has 1 aromatic rings. The van der Waals surface area contributed by atoms with E-state index in [1.165, 1.54) is 18.2 Å². The molecular formula is C21H31N3O2S. The molecule has 1 saturated heterocycles. The Hall–Kier alpha value is -1.53. The minimum Gasteiger partial charge on any atom is -0.354 e. The minimum absolute atomic E-state index is 0.0618. The lowest BCUT2D eigenvalue weighted by Crippen LogP contribution is -2.56. The standard InChI is InChI=1S/C21H31N3O2S/c1-14-9-15(2)12-24(11-14)21(3,4)13-22-19(25)10-18-20(26)23-16-7-5-6-8-17(16)27-18/h5-8,14-15,18H,9-13H2,1-4H3,(H,22,25)(H,23,26). The highest BCUT2D eigenvalue weighted by Crippen LogP contribution is 2.36. The molecule has 3 unspecified atom stereocenters. The van der Waals surface area contributed by atoms with E-state index in [0.717, 1.165) is 23.7 Å². The predicted molar refractivity (Wildman–Crippen MR) is 111 cm³/mol. The van der Waals surface area contributed by atoms with Crippen molar-refractivity contribution in [2.45, 2.75) is 56.2 Å². The van der Waals surface area contributed by atoms with Crippen LogP contribution >= 0.6 is 11.8 Å². The van der Waals surface area contributed by atoms with Crippen LogP contribution in [0, 0.1) is 11.8 Å². The van der Waals surface area contributed by atoms with Crippen LogP contribution in [0.15, 0.2) is 29.2 Å². The van der Waals surface area contributed by atoms with Crippen molar-refractivity contribution in [1.29, 1.82) is 0 Å². The van der Waals surface area contributed by atoms with E-state index in [1.807, 2.05) is 24.3 Å². The average Bonchev–Trinajstić information content (AvgIpc) is 2.60. The van der Waals surface area contributed by atoms with Gasteiger partial charge in [0.15, 0.2) is 0 Å². The summed E-state index contributed by atoms with van der Waals surface area (Å²) in [6.07, 6.45) is 1.47. The lowest BCUT2D eigenvalue weighted by atomic mass is 9.88. The van der Waals surface area contributed by atoms with Gasteiger partial charge in [-0.2, -0.15) is 0 Å². The molecule has 148 valence electrons. The lowest BCUT2D eigenvalue weighted by Gasteiger charge is -2.45. The minimum atomic E-state index is -0.377. The van der Waals surface area contributed by atoms with Gasteiger partial charge in [-0.15, -0.1) is 11.8 Å². The van der Waals surface area contributed by atoms with Crippen molar-refractivity contribution in [1.82, 2.24) is 10.2 Å². The van der Waals surface area contributed by atoms with Gasteiger partial charge in [0.1, 0.15) is 0 Å². The molecule has 0 spiro atoms. The van der Waals surface area contributed by atoms with Gasteiger partial charge in [-0.25, -0.2) is 0 Å². The number of piperidine rings is 1. The molecule has 1 fully saturated rings. The summed E-state index contributed by atoms with van der Waals surface area (Å²) in [4.78, 5) is 28.3. The molecule has 27 heavy (non-hydrogen) atoms. The first-order valence-corrected chi connectivity index (χ1v) is 10.7. The first-order valence-electron chi connectivity index (χ1n) is 9.83. The van der Waals surface area contributed by atoms with Gasteiger partial charge in [-0.3, -0.25) is 14.5 Å². The quantitative estimate of drug-likeness (QED) is 0.811. The summed E-state index contributed by atoms with van der Waals surface area (Å²) in [5.74, 6) is 1.22. The Kier molecular flexibility index (Phi) is 6.16. The molecule has 1 aromatic carbocycles. The van der Waals surface area contributed by atoms with Crippen LogP contribution in [0.3, 0.4) is 0 Å². The highest BCUT2D eigenvalue weighted by Gasteiger charge is 2.34. The van der Waals surface area contributed by atoms with Gasteiger partial charge >= 0.3 is 0 Å². The van der Waals surface area contributed by atoms with Crippen molar-refractivity contribution >= 4 is 29.3 Å². The number of likely N-dealkylation sites (tertiary alicyclic amines) is 1. The van der Waals surface area contributed by atoms with E-state index in [-0.39, 0.29) is 29.0 Å². The van der Waals surface area contributed by atoms with Crippen LogP contribution in [0.4, 0.5) is 5.69 Å². The van der Waals surface area contributed by atoms with Gasteiger partial charge in [0.2, 0.25) is 11.8 Å². The lowest BCUT2D eigenvalue weighted by molar-refractivity contribution is -0.124. The van der Waals surface area contributed by atoms with Gasteiger partial charge in [0, 0.05) is 36.5 Å². The number of amides is 2. The molecule has 2 aliphatic heterocycles. The Morgan fingerprint density at radius 3 is 2.63 bits per heavy atom. The van der Waals surface area contributed by atoms with Gasteiger partial charge in [-0.05, 0) is 44.2 Å². The number of nitrogens with one attached hydrogen (secondary N) is 2. The van der Waals surface area contributed by atoms with Crippen LogP contribution in [0.2, 0.25) is 0 Å². The molecule has 0 saturated carbocycles. The van der Waals surface area contributed by atoms with E-state index in [4.69, 9.17) is 0 Å². The summed E-state index contributed by atoms with van der Waals surface area (Å²) in [5.41, 5.74) is 0.742. The van der Waals surface area contributed by atoms with E-state index in [9.17, 15) is 9.59 Å². The monoisotopic (exact) mass is 389 g/mol. The molecule has 3 rings (SSSR count). The highest BCUT2D eigenvalue weighted by atomic mass is 32.2. The smallest absolute Gasteiger partial charge is 0.238 e. The third-order valence-corrected chi connectivity index (χ3v) is 6.80. The summed E-state index contributed by atoms with van der Waals surface area (Å²) in [5, 5.41) is 5.59. The second kappa shape index (κ2) is 8.23. The van der Waals surface area contributed by atoms with E-state index < -0.39 is 0 Å². The zero-order chi connectivity index (χ0) is 19.6. The van der Waals surface area contributed by atoms with Crippen LogP contribution in [-0.2, 0) is 9.59 Å². The van der Waals surface area contributed by atoms with Crippen LogP contribution < -0.4 is 10.6 Å². The molecule has 2 amide bonds. The Balaban J connectivity index is 1.53. The van der Waals surface area contributed by atoms with Gasteiger partial charge in [0.25, 0.3) is 0 Å². The highest BCUT2D eigenvalue weighted by molar-refractivity contribution is 8.01. The average molecular weight is 390 g/mol. The molecular weight excluding hydrogens is 358 g/mol. The van der Waals surface area contributed by atoms with E-state index in [0.29, 0.717) is 18.4 Å². The Morgan fingerprint density at radius 2 is 1.93 bits per heavy atom. The largest absolute Gasteiger partial charge is 0.354 e. The van der Waals surface area contributed by atoms with E-state index >= 15 is 0 Å². The number of hydrogen-bond donors (Lipinski definition) is 2. The molecule has 0 radical (unpaired) electrons. The van der Waals surface area contributed by atoms with Crippen molar-refractivity contribution in [2.24, 2.45) is 11.8 Å². The first kappa shape index (κ1) is 20.2. The fourth-order valence-corrected chi connectivity index (χ4v) is 5.16. The molecule has 2 heterocycles.